The lowest BCUT2D eigenvalue weighted by Gasteiger charge is -2.27. The maximum atomic E-state index is 12.4. The maximum absolute atomic E-state index is 12.4. The lowest BCUT2D eigenvalue weighted by molar-refractivity contribution is 0.0684. The molecular formula is C14H17N5O3. The normalized spacial score (nSPS) is 14.0. The van der Waals surface area contributed by atoms with E-state index < -0.39 is 5.91 Å². The van der Waals surface area contributed by atoms with E-state index in [-0.39, 0.29) is 11.6 Å². The molecule has 2 amide bonds. The Bertz CT molecular complexity index is 677. The number of hydrogen-bond acceptors (Lipinski definition) is 4. The third kappa shape index (κ3) is 2.73. The van der Waals surface area contributed by atoms with Gasteiger partial charge in [0.1, 0.15) is 5.69 Å². The lowest BCUT2D eigenvalue weighted by Crippen LogP contribution is -2.41. The fourth-order valence-corrected chi connectivity index (χ4v) is 2.58. The van der Waals surface area contributed by atoms with Crippen LogP contribution in [0.3, 0.4) is 0 Å². The number of hydrogen-bond donors (Lipinski definition) is 2. The van der Waals surface area contributed by atoms with E-state index in [1.54, 1.807) is 4.90 Å². The largest absolute Gasteiger partial charge is 0.354 e. The molecule has 2 aromatic heterocycles. The molecule has 0 aromatic carbocycles. The monoisotopic (exact) mass is 303 g/mol. The molecule has 8 nitrogen and oxygen atoms in total. The molecule has 2 aromatic rings. The molecule has 1 aliphatic heterocycles. The van der Waals surface area contributed by atoms with Gasteiger partial charge in [-0.2, -0.15) is 5.10 Å². The number of aryl methyl sites for hydroxylation is 1. The van der Waals surface area contributed by atoms with Crippen LogP contribution in [0.15, 0.2) is 30.6 Å². The second kappa shape index (κ2) is 6.02. The standard InChI is InChI=1S/C14H17N5O3/c20-13(16-22)11-10-12-14(21)18(8-9-19(12)15-11)7-3-6-17-4-1-2-5-17/h1-2,4-5,10,22H,3,6-9H2,(H,16,20). The quantitative estimate of drug-likeness (QED) is 0.616. The fourth-order valence-electron chi connectivity index (χ4n) is 2.58. The van der Waals surface area contributed by atoms with Gasteiger partial charge < -0.3 is 9.47 Å². The highest BCUT2D eigenvalue weighted by Crippen LogP contribution is 2.14. The number of amides is 2. The average Bonchev–Trinajstić information content (AvgIpc) is 3.18. The summed E-state index contributed by atoms with van der Waals surface area (Å²) in [5, 5.41) is 12.6. The van der Waals surface area contributed by atoms with Crippen molar-refractivity contribution in [2.24, 2.45) is 0 Å². The van der Waals surface area contributed by atoms with Crippen LogP contribution in [0.5, 0.6) is 0 Å². The van der Waals surface area contributed by atoms with E-state index >= 15 is 0 Å². The van der Waals surface area contributed by atoms with Gasteiger partial charge in [-0.15, -0.1) is 0 Å². The molecule has 0 bridgehead atoms. The van der Waals surface area contributed by atoms with Crippen LogP contribution in [-0.4, -0.2) is 49.4 Å². The van der Waals surface area contributed by atoms with Crippen molar-refractivity contribution in [3.8, 4) is 0 Å². The molecule has 0 fully saturated rings. The second-order valence-electron chi connectivity index (χ2n) is 5.15. The molecule has 3 heterocycles. The van der Waals surface area contributed by atoms with Crippen molar-refractivity contribution in [1.29, 1.82) is 0 Å². The van der Waals surface area contributed by atoms with Crippen LogP contribution in [0, 0.1) is 0 Å². The summed E-state index contributed by atoms with van der Waals surface area (Å²) in [5.41, 5.74) is 1.95. The second-order valence-corrected chi connectivity index (χ2v) is 5.15. The van der Waals surface area contributed by atoms with Crippen molar-refractivity contribution in [2.75, 3.05) is 13.1 Å². The van der Waals surface area contributed by atoms with Crippen molar-refractivity contribution in [1.82, 2.24) is 24.7 Å². The van der Waals surface area contributed by atoms with Crippen molar-refractivity contribution in [3.05, 3.63) is 42.0 Å². The number of nitrogens with one attached hydrogen (secondary N) is 1. The number of fused-ring (bicyclic) bond motifs is 1. The number of rotatable bonds is 5. The molecule has 8 heteroatoms. The molecule has 0 spiro atoms. The predicted molar refractivity (Wildman–Crippen MR) is 76.4 cm³/mol. The number of aromatic nitrogens is 3. The SMILES string of the molecule is O=C(NO)c1cc2n(n1)CCN(CCCn1cccc1)C2=O. The summed E-state index contributed by atoms with van der Waals surface area (Å²) in [6.07, 6.45) is 4.85. The van der Waals surface area contributed by atoms with E-state index in [2.05, 4.69) is 9.67 Å². The van der Waals surface area contributed by atoms with Crippen molar-refractivity contribution in [3.63, 3.8) is 0 Å². The summed E-state index contributed by atoms with van der Waals surface area (Å²) in [4.78, 5) is 25.5. The van der Waals surface area contributed by atoms with Crippen LogP contribution in [0.4, 0.5) is 0 Å². The van der Waals surface area contributed by atoms with Crippen LogP contribution >= 0.6 is 0 Å². The van der Waals surface area contributed by atoms with Crippen molar-refractivity contribution < 1.29 is 14.8 Å². The van der Waals surface area contributed by atoms with E-state index in [0.717, 1.165) is 13.0 Å². The summed E-state index contributed by atoms with van der Waals surface area (Å²) in [6, 6.07) is 5.35. The van der Waals surface area contributed by atoms with Gasteiger partial charge in [-0.3, -0.25) is 19.5 Å². The third-order valence-electron chi connectivity index (χ3n) is 3.71. The number of carbonyl (C=O) groups is 2. The van der Waals surface area contributed by atoms with E-state index in [9.17, 15) is 9.59 Å². The van der Waals surface area contributed by atoms with Gasteiger partial charge >= 0.3 is 0 Å². The van der Waals surface area contributed by atoms with Gasteiger partial charge in [0.2, 0.25) is 0 Å². The highest BCUT2D eigenvalue weighted by Gasteiger charge is 2.27. The van der Waals surface area contributed by atoms with Gasteiger partial charge in [0, 0.05) is 38.1 Å². The summed E-state index contributed by atoms with van der Waals surface area (Å²) < 4.78 is 3.58. The van der Waals surface area contributed by atoms with Crippen LogP contribution in [-0.2, 0) is 13.1 Å². The lowest BCUT2D eigenvalue weighted by atomic mass is 10.2. The highest BCUT2D eigenvalue weighted by molar-refractivity contribution is 5.97. The minimum absolute atomic E-state index is 0.0417. The summed E-state index contributed by atoms with van der Waals surface area (Å²) in [5.74, 6) is -0.850. The topological polar surface area (TPSA) is 92.4 Å². The Morgan fingerprint density at radius 2 is 2.05 bits per heavy atom. The zero-order valence-corrected chi connectivity index (χ0v) is 12.0. The van der Waals surface area contributed by atoms with Crippen molar-refractivity contribution >= 4 is 11.8 Å². The Kier molecular flexibility index (Phi) is 3.92. The van der Waals surface area contributed by atoms with Crippen LogP contribution < -0.4 is 5.48 Å². The highest BCUT2D eigenvalue weighted by atomic mass is 16.5. The van der Waals surface area contributed by atoms with Crippen LogP contribution in [0.2, 0.25) is 0 Å². The van der Waals surface area contributed by atoms with Gasteiger partial charge in [0.05, 0.1) is 6.54 Å². The molecule has 0 saturated heterocycles. The Hall–Kier alpha value is -2.61. The van der Waals surface area contributed by atoms with E-state index in [4.69, 9.17) is 5.21 Å². The third-order valence-corrected chi connectivity index (χ3v) is 3.71. The molecule has 0 aliphatic carbocycles. The Morgan fingerprint density at radius 3 is 2.77 bits per heavy atom. The van der Waals surface area contributed by atoms with Crippen LogP contribution in [0.25, 0.3) is 0 Å². The zero-order chi connectivity index (χ0) is 15.5. The molecular weight excluding hydrogens is 286 g/mol. The minimum Gasteiger partial charge on any atom is -0.354 e. The first-order valence-electron chi connectivity index (χ1n) is 7.11. The summed E-state index contributed by atoms with van der Waals surface area (Å²) >= 11 is 0. The van der Waals surface area contributed by atoms with E-state index in [1.165, 1.54) is 16.2 Å². The molecule has 22 heavy (non-hydrogen) atoms. The van der Waals surface area contributed by atoms with Crippen molar-refractivity contribution in [2.45, 2.75) is 19.5 Å². The van der Waals surface area contributed by atoms with Gasteiger partial charge in [-0.05, 0) is 18.6 Å². The Morgan fingerprint density at radius 1 is 1.27 bits per heavy atom. The van der Waals surface area contributed by atoms with Gasteiger partial charge in [-0.1, -0.05) is 0 Å². The summed E-state index contributed by atoms with van der Waals surface area (Å²) in [6.45, 7) is 2.63. The minimum atomic E-state index is -0.714. The smallest absolute Gasteiger partial charge is 0.295 e. The van der Waals surface area contributed by atoms with Gasteiger partial charge in [0.25, 0.3) is 11.8 Å². The molecule has 0 saturated carbocycles. The average molecular weight is 303 g/mol. The first kappa shape index (κ1) is 14.3. The molecule has 116 valence electrons. The summed E-state index contributed by atoms with van der Waals surface area (Å²) in [7, 11) is 0. The van der Waals surface area contributed by atoms with E-state index in [1.807, 2.05) is 24.5 Å². The molecule has 0 unspecified atom stereocenters. The molecule has 2 N–H and O–H groups in total. The zero-order valence-electron chi connectivity index (χ0n) is 12.0. The van der Waals surface area contributed by atoms with Gasteiger partial charge in [0.15, 0.2) is 5.69 Å². The molecule has 0 atom stereocenters. The maximum Gasteiger partial charge on any atom is 0.295 e. The predicted octanol–water partition coefficient (Wildman–Crippen LogP) is 0.350. The number of hydroxylamine groups is 1. The Balaban J connectivity index is 1.63. The van der Waals surface area contributed by atoms with Crippen LogP contribution in [0.1, 0.15) is 27.4 Å². The van der Waals surface area contributed by atoms with Gasteiger partial charge in [-0.25, -0.2) is 5.48 Å². The number of nitrogens with zero attached hydrogens (tertiary/aromatic N) is 4. The first-order valence-corrected chi connectivity index (χ1v) is 7.11. The van der Waals surface area contributed by atoms with E-state index in [0.29, 0.717) is 25.3 Å². The molecule has 3 rings (SSSR count). The first-order chi connectivity index (χ1) is 10.7. The number of carbonyl (C=O) groups excluding carboxylic acids is 2. The molecule has 1 aliphatic rings. The molecule has 0 radical (unpaired) electrons. The fraction of sp³-hybridized carbons (Fsp3) is 0.357. The Labute approximate surface area is 126 Å².